The van der Waals surface area contributed by atoms with Crippen LogP contribution in [0.1, 0.15) is 16.1 Å². The molecule has 2 aromatic carbocycles. The van der Waals surface area contributed by atoms with Crippen molar-refractivity contribution in [3.63, 3.8) is 0 Å². The topological polar surface area (TPSA) is 42.2 Å². The highest BCUT2D eigenvalue weighted by atomic mass is 35.5. The molecule has 0 fully saturated rings. The SMILES string of the molecule is O=C(NCc1ccccc1F)c1ccc(-c2ccccc2Cl)o1. The van der Waals surface area contributed by atoms with Crippen LogP contribution in [0.3, 0.4) is 0 Å². The molecule has 23 heavy (non-hydrogen) atoms. The second kappa shape index (κ2) is 6.67. The van der Waals surface area contributed by atoms with Gasteiger partial charge in [-0.1, -0.05) is 41.9 Å². The Balaban J connectivity index is 1.72. The van der Waals surface area contributed by atoms with Gasteiger partial charge in [-0.25, -0.2) is 4.39 Å². The highest BCUT2D eigenvalue weighted by Crippen LogP contribution is 2.29. The molecule has 5 heteroatoms. The lowest BCUT2D eigenvalue weighted by Gasteiger charge is -2.04. The molecule has 0 saturated heterocycles. The van der Waals surface area contributed by atoms with Gasteiger partial charge in [-0.05, 0) is 30.3 Å². The maximum Gasteiger partial charge on any atom is 0.287 e. The first-order valence-electron chi connectivity index (χ1n) is 7.01. The summed E-state index contributed by atoms with van der Waals surface area (Å²) in [4.78, 5) is 12.1. The third-order valence-electron chi connectivity index (χ3n) is 3.37. The molecule has 1 aromatic heterocycles. The lowest BCUT2D eigenvalue weighted by Crippen LogP contribution is -2.22. The molecule has 0 saturated carbocycles. The van der Waals surface area contributed by atoms with E-state index in [-0.39, 0.29) is 18.1 Å². The van der Waals surface area contributed by atoms with Gasteiger partial charge >= 0.3 is 0 Å². The van der Waals surface area contributed by atoms with E-state index < -0.39 is 5.91 Å². The van der Waals surface area contributed by atoms with Gasteiger partial charge in [0.05, 0.1) is 5.02 Å². The van der Waals surface area contributed by atoms with Crippen molar-refractivity contribution in [1.82, 2.24) is 5.32 Å². The van der Waals surface area contributed by atoms with Gasteiger partial charge in [0, 0.05) is 17.7 Å². The van der Waals surface area contributed by atoms with E-state index >= 15 is 0 Å². The van der Waals surface area contributed by atoms with Crippen LogP contribution < -0.4 is 5.32 Å². The van der Waals surface area contributed by atoms with Gasteiger partial charge in [0.25, 0.3) is 5.91 Å². The fourth-order valence-corrected chi connectivity index (χ4v) is 2.40. The van der Waals surface area contributed by atoms with Crippen LogP contribution in [0.15, 0.2) is 65.1 Å². The standard InChI is InChI=1S/C18H13ClFNO2/c19-14-7-3-2-6-13(14)16-9-10-17(23-16)18(22)21-11-12-5-1-4-8-15(12)20/h1-10H,11H2,(H,21,22). The summed E-state index contributed by atoms with van der Waals surface area (Å²) >= 11 is 6.10. The third kappa shape index (κ3) is 3.43. The summed E-state index contributed by atoms with van der Waals surface area (Å²) in [5.41, 5.74) is 1.13. The fraction of sp³-hybridized carbons (Fsp3) is 0.0556. The Hall–Kier alpha value is -2.59. The molecule has 0 atom stereocenters. The second-order valence-corrected chi connectivity index (χ2v) is 5.33. The first-order chi connectivity index (χ1) is 11.1. The first-order valence-corrected chi connectivity index (χ1v) is 7.39. The van der Waals surface area contributed by atoms with Crippen LogP contribution in [0.4, 0.5) is 4.39 Å². The maximum atomic E-state index is 13.5. The molecule has 1 amide bonds. The van der Waals surface area contributed by atoms with Gasteiger partial charge in [0.1, 0.15) is 11.6 Å². The quantitative estimate of drug-likeness (QED) is 0.755. The van der Waals surface area contributed by atoms with E-state index in [0.717, 1.165) is 0 Å². The van der Waals surface area contributed by atoms with E-state index in [1.807, 2.05) is 18.2 Å². The zero-order chi connectivity index (χ0) is 16.2. The summed E-state index contributed by atoms with van der Waals surface area (Å²) < 4.78 is 19.1. The summed E-state index contributed by atoms with van der Waals surface area (Å²) in [6.07, 6.45) is 0. The minimum Gasteiger partial charge on any atom is -0.451 e. The van der Waals surface area contributed by atoms with Crippen LogP contribution in [-0.4, -0.2) is 5.91 Å². The Kier molecular flexibility index (Phi) is 4.44. The lowest BCUT2D eigenvalue weighted by atomic mass is 10.2. The lowest BCUT2D eigenvalue weighted by molar-refractivity contribution is 0.0923. The normalized spacial score (nSPS) is 10.5. The van der Waals surface area contributed by atoms with Gasteiger partial charge in [-0.15, -0.1) is 0 Å². The smallest absolute Gasteiger partial charge is 0.287 e. The molecular formula is C18H13ClFNO2. The Bertz CT molecular complexity index is 844. The zero-order valence-electron chi connectivity index (χ0n) is 12.1. The summed E-state index contributed by atoms with van der Waals surface area (Å²) in [7, 11) is 0. The molecule has 0 unspecified atom stereocenters. The Morgan fingerprint density at radius 2 is 1.78 bits per heavy atom. The zero-order valence-corrected chi connectivity index (χ0v) is 12.8. The van der Waals surface area contributed by atoms with Gasteiger partial charge < -0.3 is 9.73 Å². The summed E-state index contributed by atoms with van der Waals surface area (Å²) in [5.74, 6) is -0.113. The summed E-state index contributed by atoms with van der Waals surface area (Å²) in [6.45, 7) is 0.0909. The third-order valence-corrected chi connectivity index (χ3v) is 3.70. The van der Waals surface area contributed by atoms with Crippen LogP contribution >= 0.6 is 11.6 Å². The number of nitrogens with one attached hydrogen (secondary N) is 1. The molecule has 1 heterocycles. The largest absolute Gasteiger partial charge is 0.451 e. The van der Waals surface area contributed by atoms with Crippen molar-refractivity contribution in [3.8, 4) is 11.3 Å². The molecule has 0 aliphatic heterocycles. The van der Waals surface area contributed by atoms with Crippen molar-refractivity contribution in [2.45, 2.75) is 6.54 Å². The molecule has 0 radical (unpaired) electrons. The molecule has 0 aliphatic carbocycles. The predicted octanol–water partition coefficient (Wildman–Crippen LogP) is 4.67. The van der Waals surface area contributed by atoms with Crippen LogP contribution in [-0.2, 0) is 6.54 Å². The van der Waals surface area contributed by atoms with E-state index in [9.17, 15) is 9.18 Å². The molecule has 3 aromatic rings. The van der Waals surface area contributed by atoms with Crippen molar-refractivity contribution in [3.05, 3.63) is 82.8 Å². The average molecular weight is 330 g/mol. The number of furan rings is 1. The van der Waals surface area contributed by atoms with E-state index in [1.165, 1.54) is 6.07 Å². The molecule has 0 bridgehead atoms. The number of carbonyl (C=O) groups excluding carboxylic acids is 1. The monoisotopic (exact) mass is 329 g/mol. The predicted molar refractivity (Wildman–Crippen MR) is 86.7 cm³/mol. The van der Waals surface area contributed by atoms with Crippen LogP contribution in [0.5, 0.6) is 0 Å². The molecular weight excluding hydrogens is 317 g/mol. The van der Waals surface area contributed by atoms with Crippen molar-refractivity contribution >= 4 is 17.5 Å². The Morgan fingerprint density at radius 1 is 1.04 bits per heavy atom. The number of hydrogen-bond acceptors (Lipinski definition) is 2. The van der Waals surface area contributed by atoms with Crippen LogP contribution in [0.25, 0.3) is 11.3 Å². The minimum absolute atomic E-state index is 0.0909. The molecule has 0 spiro atoms. The number of hydrogen-bond donors (Lipinski definition) is 1. The average Bonchev–Trinajstić information content (AvgIpc) is 3.04. The minimum atomic E-state index is -0.411. The van der Waals surface area contributed by atoms with Crippen LogP contribution in [0.2, 0.25) is 5.02 Å². The van der Waals surface area contributed by atoms with Gasteiger partial charge in [-0.3, -0.25) is 4.79 Å². The second-order valence-electron chi connectivity index (χ2n) is 4.92. The fourth-order valence-electron chi connectivity index (χ4n) is 2.17. The molecule has 3 rings (SSSR count). The summed E-state index contributed by atoms with van der Waals surface area (Å²) in [6, 6.07) is 16.7. The van der Waals surface area contributed by atoms with Gasteiger partial charge in [0.15, 0.2) is 5.76 Å². The number of carbonyl (C=O) groups is 1. The van der Waals surface area contributed by atoms with Crippen molar-refractivity contribution in [1.29, 1.82) is 0 Å². The Labute approximate surface area is 137 Å². The van der Waals surface area contributed by atoms with E-state index in [1.54, 1.807) is 36.4 Å². The van der Waals surface area contributed by atoms with Crippen molar-refractivity contribution in [2.75, 3.05) is 0 Å². The number of benzene rings is 2. The van der Waals surface area contributed by atoms with Crippen molar-refractivity contribution in [2.24, 2.45) is 0 Å². The first kappa shape index (κ1) is 15.3. The highest BCUT2D eigenvalue weighted by molar-refractivity contribution is 6.33. The number of rotatable bonds is 4. The molecule has 3 nitrogen and oxygen atoms in total. The van der Waals surface area contributed by atoms with Crippen molar-refractivity contribution < 1.29 is 13.6 Å². The molecule has 1 N–H and O–H groups in total. The molecule has 116 valence electrons. The highest BCUT2D eigenvalue weighted by Gasteiger charge is 2.14. The van der Waals surface area contributed by atoms with Gasteiger partial charge in [0.2, 0.25) is 0 Å². The van der Waals surface area contributed by atoms with E-state index in [4.69, 9.17) is 16.0 Å². The van der Waals surface area contributed by atoms with Crippen LogP contribution in [0, 0.1) is 5.82 Å². The number of amides is 1. The van der Waals surface area contributed by atoms with E-state index in [0.29, 0.717) is 21.9 Å². The van der Waals surface area contributed by atoms with Gasteiger partial charge in [-0.2, -0.15) is 0 Å². The summed E-state index contributed by atoms with van der Waals surface area (Å²) in [5, 5.41) is 3.17. The number of halogens is 2. The Morgan fingerprint density at radius 3 is 2.57 bits per heavy atom. The maximum absolute atomic E-state index is 13.5. The van der Waals surface area contributed by atoms with E-state index in [2.05, 4.69) is 5.32 Å². The molecule has 0 aliphatic rings.